The van der Waals surface area contributed by atoms with Crippen molar-refractivity contribution in [2.75, 3.05) is 0 Å². The number of hydrogen-bond acceptors (Lipinski definition) is 4. The van der Waals surface area contributed by atoms with Crippen molar-refractivity contribution in [3.05, 3.63) is 0 Å². The second-order valence-electron chi connectivity index (χ2n) is 4.48. The van der Waals surface area contributed by atoms with E-state index in [0.29, 0.717) is 18.6 Å². The van der Waals surface area contributed by atoms with Crippen LogP contribution in [0.15, 0.2) is 5.16 Å². The van der Waals surface area contributed by atoms with Crippen LogP contribution in [0.1, 0.15) is 33.6 Å². The minimum atomic E-state index is -0.417. The molecule has 0 bridgehead atoms. The van der Waals surface area contributed by atoms with Gasteiger partial charge in [0.25, 0.3) is 0 Å². The molecule has 0 radical (unpaired) electrons. The van der Waals surface area contributed by atoms with E-state index in [-0.39, 0.29) is 11.6 Å². The normalized spacial score (nSPS) is 21.1. The molecule has 1 fully saturated rings. The van der Waals surface area contributed by atoms with Gasteiger partial charge in [0.15, 0.2) is 0 Å². The number of hydrogen-bond donors (Lipinski definition) is 2. The van der Waals surface area contributed by atoms with Gasteiger partial charge in [-0.15, -0.1) is 0 Å². The lowest BCUT2D eigenvalue weighted by atomic mass is 9.93. The van der Waals surface area contributed by atoms with Gasteiger partial charge in [-0.3, -0.25) is 0 Å². The topological polar surface area (TPSA) is 70.9 Å². The Bertz CT molecular complexity index is 247. The zero-order valence-corrected chi connectivity index (χ0v) is 8.70. The van der Waals surface area contributed by atoms with Crippen LogP contribution < -0.4 is 5.32 Å². The molecule has 80 valence electrons. The fraction of sp³-hybridized carbons (Fsp3) is 0.778. The second kappa shape index (κ2) is 3.86. The molecule has 2 N–H and O–H groups in total. The summed E-state index contributed by atoms with van der Waals surface area (Å²) in [6.07, 6.45) is 0.519. The zero-order valence-electron chi connectivity index (χ0n) is 8.70. The smallest absolute Gasteiger partial charge is 0.407 e. The summed E-state index contributed by atoms with van der Waals surface area (Å²) in [5.74, 6) is 0. The summed E-state index contributed by atoms with van der Waals surface area (Å²) in [6, 6.07) is 0. The summed E-state index contributed by atoms with van der Waals surface area (Å²) in [7, 11) is 0. The highest BCUT2D eigenvalue weighted by atomic mass is 16.6. The molecule has 0 aliphatic heterocycles. The Labute approximate surface area is 83.1 Å². The fourth-order valence-electron chi connectivity index (χ4n) is 1.12. The van der Waals surface area contributed by atoms with E-state index in [9.17, 15) is 4.79 Å². The van der Waals surface area contributed by atoms with E-state index in [4.69, 9.17) is 9.94 Å². The fourth-order valence-corrected chi connectivity index (χ4v) is 1.12. The molecule has 0 saturated heterocycles. The largest absolute Gasteiger partial charge is 0.445 e. The third kappa shape index (κ3) is 3.24. The average molecular weight is 200 g/mol. The molecule has 0 aromatic carbocycles. The molecule has 0 atom stereocenters. The van der Waals surface area contributed by atoms with Gasteiger partial charge in [-0.2, -0.15) is 0 Å². The Morgan fingerprint density at radius 2 is 2.14 bits per heavy atom. The Hall–Kier alpha value is -1.26. The van der Waals surface area contributed by atoms with Gasteiger partial charge in [0, 0.05) is 18.4 Å². The second-order valence-corrected chi connectivity index (χ2v) is 4.48. The maximum absolute atomic E-state index is 11.2. The van der Waals surface area contributed by atoms with Gasteiger partial charge in [0.1, 0.15) is 6.10 Å². The predicted octanol–water partition coefficient (Wildman–Crippen LogP) is 1.50. The van der Waals surface area contributed by atoms with Crippen LogP contribution in [0.2, 0.25) is 0 Å². The summed E-state index contributed by atoms with van der Waals surface area (Å²) in [5, 5.41) is 14.1. The summed E-state index contributed by atoms with van der Waals surface area (Å²) >= 11 is 0. The standard InChI is InChI=1S/C9H16N2O3/c1-9(2,3)10-8(12)14-7-4-6(5-7)11-13/h7,13H,4-5H2,1-3H3,(H,10,12). The number of alkyl carbamates (subject to hydrolysis) is 1. The Kier molecular flexibility index (Phi) is 2.98. The number of oxime groups is 1. The van der Waals surface area contributed by atoms with Crippen molar-refractivity contribution in [3.63, 3.8) is 0 Å². The highest BCUT2D eigenvalue weighted by Gasteiger charge is 2.29. The minimum Gasteiger partial charge on any atom is -0.445 e. The van der Waals surface area contributed by atoms with Gasteiger partial charge in [-0.05, 0) is 20.8 Å². The maximum Gasteiger partial charge on any atom is 0.407 e. The summed E-state index contributed by atoms with van der Waals surface area (Å²) in [4.78, 5) is 11.2. The monoisotopic (exact) mass is 200 g/mol. The first-order valence-electron chi connectivity index (χ1n) is 4.59. The molecule has 0 spiro atoms. The molecule has 1 saturated carbocycles. The molecule has 5 nitrogen and oxygen atoms in total. The zero-order chi connectivity index (χ0) is 10.8. The number of nitrogens with one attached hydrogen (secondary N) is 1. The van der Waals surface area contributed by atoms with Crippen LogP contribution in [0.25, 0.3) is 0 Å². The average Bonchev–Trinajstić information content (AvgIpc) is 1.91. The molecule has 1 amide bonds. The van der Waals surface area contributed by atoms with Crippen LogP contribution in [-0.4, -0.2) is 28.7 Å². The molecular formula is C9H16N2O3. The molecule has 0 unspecified atom stereocenters. The number of amides is 1. The third-order valence-electron chi connectivity index (χ3n) is 1.82. The van der Waals surface area contributed by atoms with Crippen LogP contribution in [-0.2, 0) is 4.74 Å². The van der Waals surface area contributed by atoms with E-state index in [1.54, 1.807) is 0 Å². The van der Waals surface area contributed by atoms with Crippen LogP contribution in [0.3, 0.4) is 0 Å². The van der Waals surface area contributed by atoms with Crippen LogP contribution in [0.4, 0.5) is 4.79 Å². The molecule has 0 aromatic rings. The van der Waals surface area contributed by atoms with Crippen molar-refractivity contribution in [1.29, 1.82) is 0 Å². The van der Waals surface area contributed by atoms with E-state index in [0.717, 1.165) is 0 Å². The molecule has 1 aliphatic rings. The first-order valence-corrected chi connectivity index (χ1v) is 4.59. The van der Waals surface area contributed by atoms with Crippen molar-refractivity contribution >= 4 is 11.8 Å². The van der Waals surface area contributed by atoms with Crippen LogP contribution in [0, 0.1) is 0 Å². The van der Waals surface area contributed by atoms with E-state index in [1.165, 1.54) is 0 Å². The van der Waals surface area contributed by atoms with Crippen LogP contribution >= 0.6 is 0 Å². The maximum atomic E-state index is 11.2. The molecule has 14 heavy (non-hydrogen) atoms. The molecular weight excluding hydrogens is 184 g/mol. The lowest BCUT2D eigenvalue weighted by Gasteiger charge is -2.28. The SMILES string of the molecule is CC(C)(C)NC(=O)OC1CC(=NO)C1. The van der Waals surface area contributed by atoms with Crippen molar-refractivity contribution < 1.29 is 14.7 Å². The van der Waals surface area contributed by atoms with Gasteiger partial charge in [0.2, 0.25) is 0 Å². The number of carbonyl (C=O) groups excluding carboxylic acids is 1. The highest BCUT2D eigenvalue weighted by Crippen LogP contribution is 2.20. The van der Waals surface area contributed by atoms with Crippen molar-refractivity contribution in [2.24, 2.45) is 5.16 Å². The number of rotatable bonds is 1. The van der Waals surface area contributed by atoms with Gasteiger partial charge in [-0.25, -0.2) is 4.79 Å². The summed E-state index contributed by atoms with van der Waals surface area (Å²) in [6.45, 7) is 5.65. The number of nitrogens with zero attached hydrogens (tertiary/aromatic N) is 1. The predicted molar refractivity (Wildman–Crippen MR) is 51.6 cm³/mol. The Balaban J connectivity index is 2.23. The molecule has 5 heteroatoms. The number of carbonyl (C=O) groups is 1. The lowest BCUT2D eigenvalue weighted by molar-refractivity contribution is 0.0843. The van der Waals surface area contributed by atoms with E-state index in [2.05, 4.69) is 10.5 Å². The van der Waals surface area contributed by atoms with Gasteiger partial charge >= 0.3 is 6.09 Å². The molecule has 0 heterocycles. The van der Waals surface area contributed by atoms with Crippen molar-refractivity contribution in [1.82, 2.24) is 5.32 Å². The van der Waals surface area contributed by atoms with Crippen molar-refractivity contribution in [3.8, 4) is 0 Å². The van der Waals surface area contributed by atoms with E-state index < -0.39 is 6.09 Å². The highest BCUT2D eigenvalue weighted by molar-refractivity contribution is 5.91. The molecule has 1 rings (SSSR count). The van der Waals surface area contributed by atoms with Gasteiger partial charge in [0.05, 0.1) is 5.71 Å². The first kappa shape index (κ1) is 10.8. The molecule has 0 aromatic heterocycles. The first-order chi connectivity index (χ1) is 6.40. The number of ether oxygens (including phenoxy) is 1. The Morgan fingerprint density at radius 1 is 1.57 bits per heavy atom. The summed E-state index contributed by atoms with van der Waals surface area (Å²) in [5.41, 5.74) is 0.396. The third-order valence-corrected chi connectivity index (χ3v) is 1.82. The van der Waals surface area contributed by atoms with Gasteiger partial charge < -0.3 is 15.3 Å². The lowest BCUT2D eigenvalue weighted by Crippen LogP contribution is -2.44. The minimum absolute atomic E-state index is 0.136. The van der Waals surface area contributed by atoms with Crippen LogP contribution in [0.5, 0.6) is 0 Å². The van der Waals surface area contributed by atoms with E-state index in [1.807, 2.05) is 20.8 Å². The van der Waals surface area contributed by atoms with Gasteiger partial charge in [-0.1, -0.05) is 5.16 Å². The molecule has 1 aliphatic carbocycles. The summed E-state index contributed by atoms with van der Waals surface area (Å²) < 4.78 is 5.05. The quantitative estimate of drug-likeness (QED) is 0.497. The van der Waals surface area contributed by atoms with E-state index >= 15 is 0 Å². The Morgan fingerprint density at radius 3 is 2.57 bits per heavy atom. The van der Waals surface area contributed by atoms with Crippen molar-refractivity contribution in [2.45, 2.75) is 45.3 Å².